The number of aryl methyl sites for hydroxylation is 1. The molecule has 0 spiro atoms. The van der Waals surface area contributed by atoms with E-state index in [0.29, 0.717) is 19.6 Å². The lowest BCUT2D eigenvalue weighted by Crippen LogP contribution is -2.39. The molecule has 0 radical (unpaired) electrons. The summed E-state index contributed by atoms with van der Waals surface area (Å²) < 4.78 is 34.8. The quantitative estimate of drug-likeness (QED) is 0.555. The predicted molar refractivity (Wildman–Crippen MR) is 90.3 cm³/mol. The van der Waals surface area contributed by atoms with Crippen molar-refractivity contribution in [1.82, 2.24) is 4.90 Å². The second-order valence-corrected chi connectivity index (χ2v) is 7.62. The van der Waals surface area contributed by atoms with Crippen molar-refractivity contribution in [2.75, 3.05) is 19.8 Å². The maximum absolute atomic E-state index is 12.2. The summed E-state index contributed by atoms with van der Waals surface area (Å²) in [7, 11) is -3.81. The molecule has 1 unspecified atom stereocenters. The van der Waals surface area contributed by atoms with Gasteiger partial charge in [-0.1, -0.05) is 31.0 Å². The molecular formula is C17H25NO5S. The molecule has 1 fully saturated rings. The summed E-state index contributed by atoms with van der Waals surface area (Å²) in [6.45, 7) is 4.83. The SMILES string of the molecule is CCCCOC(=O)N1CCCC1COS(=O)(=O)c1ccc(C)cc1. The molecule has 0 N–H and O–H groups in total. The first kappa shape index (κ1) is 18.7. The zero-order valence-corrected chi connectivity index (χ0v) is 15.0. The van der Waals surface area contributed by atoms with Gasteiger partial charge in [-0.2, -0.15) is 8.42 Å². The van der Waals surface area contributed by atoms with E-state index in [1.807, 2.05) is 13.8 Å². The van der Waals surface area contributed by atoms with Crippen molar-refractivity contribution in [1.29, 1.82) is 0 Å². The van der Waals surface area contributed by atoms with Crippen LogP contribution in [0.25, 0.3) is 0 Å². The predicted octanol–water partition coefficient (Wildman–Crippen LogP) is 3.10. The van der Waals surface area contributed by atoms with Crippen molar-refractivity contribution in [2.24, 2.45) is 0 Å². The first-order valence-corrected chi connectivity index (χ1v) is 9.74. The highest BCUT2D eigenvalue weighted by Gasteiger charge is 2.31. The highest BCUT2D eigenvalue weighted by Crippen LogP contribution is 2.21. The molecule has 1 aromatic carbocycles. The molecule has 1 atom stereocenters. The van der Waals surface area contributed by atoms with E-state index in [2.05, 4.69) is 0 Å². The third-order valence-electron chi connectivity index (χ3n) is 4.06. The van der Waals surface area contributed by atoms with Gasteiger partial charge >= 0.3 is 6.09 Å². The van der Waals surface area contributed by atoms with Crippen LogP contribution in [0.3, 0.4) is 0 Å². The summed E-state index contributed by atoms with van der Waals surface area (Å²) in [5, 5.41) is 0. The number of likely N-dealkylation sites (tertiary alicyclic amines) is 1. The van der Waals surface area contributed by atoms with Gasteiger partial charge in [0.1, 0.15) is 0 Å². The number of ether oxygens (including phenoxy) is 1. The fraction of sp³-hybridized carbons (Fsp3) is 0.588. The van der Waals surface area contributed by atoms with Crippen molar-refractivity contribution in [3.05, 3.63) is 29.8 Å². The highest BCUT2D eigenvalue weighted by atomic mass is 32.2. The molecule has 2 rings (SSSR count). The summed E-state index contributed by atoms with van der Waals surface area (Å²) in [6.07, 6.45) is 2.92. The van der Waals surface area contributed by atoms with Gasteiger partial charge in [-0.05, 0) is 38.3 Å². The van der Waals surface area contributed by atoms with E-state index in [4.69, 9.17) is 8.92 Å². The van der Waals surface area contributed by atoms with Gasteiger partial charge in [0.2, 0.25) is 0 Å². The van der Waals surface area contributed by atoms with Gasteiger partial charge in [0.05, 0.1) is 24.2 Å². The van der Waals surface area contributed by atoms with E-state index in [-0.39, 0.29) is 23.6 Å². The van der Waals surface area contributed by atoms with Gasteiger partial charge in [-0.25, -0.2) is 4.79 Å². The van der Waals surface area contributed by atoms with Crippen molar-refractivity contribution in [3.63, 3.8) is 0 Å². The fourth-order valence-electron chi connectivity index (χ4n) is 2.58. The number of unbranched alkanes of at least 4 members (excludes halogenated alkanes) is 1. The summed E-state index contributed by atoms with van der Waals surface area (Å²) in [6, 6.07) is 6.23. The normalized spacial score (nSPS) is 17.9. The molecule has 6 nitrogen and oxygen atoms in total. The average Bonchev–Trinajstić information content (AvgIpc) is 3.02. The Kier molecular flexibility index (Phi) is 6.62. The van der Waals surface area contributed by atoms with E-state index in [9.17, 15) is 13.2 Å². The Labute approximate surface area is 143 Å². The third kappa shape index (κ3) is 4.95. The van der Waals surface area contributed by atoms with E-state index >= 15 is 0 Å². The smallest absolute Gasteiger partial charge is 0.410 e. The van der Waals surface area contributed by atoms with Gasteiger partial charge in [0.25, 0.3) is 10.1 Å². The molecular weight excluding hydrogens is 330 g/mol. The lowest BCUT2D eigenvalue weighted by Gasteiger charge is -2.23. The number of benzene rings is 1. The molecule has 1 heterocycles. The van der Waals surface area contributed by atoms with E-state index < -0.39 is 10.1 Å². The lowest BCUT2D eigenvalue weighted by molar-refractivity contribution is 0.0872. The summed E-state index contributed by atoms with van der Waals surface area (Å²) >= 11 is 0. The molecule has 7 heteroatoms. The summed E-state index contributed by atoms with van der Waals surface area (Å²) in [5.74, 6) is 0. The van der Waals surface area contributed by atoms with Crippen LogP contribution in [-0.4, -0.2) is 45.2 Å². The number of carbonyl (C=O) groups is 1. The van der Waals surface area contributed by atoms with Crippen LogP contribution < -0.4 is 0 Å². The van der Waals surface area contributed by atoms with Crippen molar-refractivity contribution in [2.45, 2.75) is 50.5 Å². The standard InChI is InChI=1S/C17H25NO5S/c1-3-4-12-22-17(19)18-11-5-6-15(18)13-23-24(20,21)16-9-7-14(2)8-10-16/h7-10,15H,3-6,11-13H2,1-2H3. The van der Waals surface area contributed by atoms with Gasteiger partial charge in [0, 0.05) is 6.54 Å². The molecule has 0 bridgehead atoms. The number of carbonyl (C=O) groups excluding carboxylic acids is 1. The van der Waals surface area contributed by atoms with Gasteiger partial charge in [-0.3, -0.25) is 4.18 Å². The third-order valence-corrected chi connectivity index (χ3v) is 5.36. The van der Waals surface area contributed by atoms with Crippen LogP contribution in [0, 0.1) is 6.92 Å². The second-order valence-electron chi connectivity index (χ2n) is 6.01. The Balaban J connectivity index is 1.92. The van der Waals surface area contributed by atoms with Crippen LogP contribution in [0.1, 0.15) is 38.2 Å². The molecule has 24 heavy (non-hydrogen) atoms. The molecule has 1 aliphatic heterocycles. The number of rotatable bonds is 7. The lowest BCUT2D eigenvalue weighted by atomic mass is 10.2. The molecule has 0 aliphatic carbocycles. The van der Waals surface area contributed by atoms with Crippen LogP contribution in [0.2, 0.25) is 0 Å². The molecule has 0 aromatic heterocycles. The zero-order valence-electron chi connectivity index (χ0n) is 14.2. The topological polar surface area (TPSA) is 72.9 Å². The van der Waals surface area contributed by atoms with Crippen LogP contribution in [0.15, 0.2) is 29.2 Å². The van der Waals surface area contributed by atoms with Gasteiger partial charge in [0.15, 0.2) is 0 Å². The number of amides is 1. The number of hydrogen-bond acceptors (Lipinski definition) is 5. The Hall–Kier alpha value is -1.60. The molecule has 1 amide bonds. The maximum Gasteiger partial charge on any atom is 0.410 e. The minimum absolute atomic E-state index is 0.0426. The Morgan fingerprint density at radius 2 is 2.00 bits per heavy atom. The van der Waals surface area contributed by atoms with Crippen LogP contribution in [-0.2, 0) is 19.0 Å². The van der Waals surface area contributed by atoms with Crippen LogP contribution in [0.5, 0.6) is 0 Å². The number of hydrogen-bond donors (Lipinski definition) is 0. The Morgan fingerprint density at radius 3 is 2.67 bits per heavy atom. The second kappa shape index (κ2) is 8.48. The summed E-state index contributed by atoms with van der Waals surface area (Å²) in [4.78, 5) is 13.8. The maximum atomic E-state index is 12.2. The minimum atomic E-state index is -3.81. The first-order chi connectivity index (χ1) is 11.4. The minimum Gasteiger partial charge on any atom is -0.449 e. The molecule has 1 saturated heterocycles. The van der Waals surface area contributed by atoms with E-state index in [1.54, 1.807) is 17.0 Å². The van der Waals surface area contributed by atoms with E-state index in [0.717, 1.165) is 24.8 Å². The van der Waals surface area contributed by atoms with Crippen molar-refractivity contribution < 1.29 is 22.1 Å². The fourth-order valence-corrected chi connectivity index (χ4v) is 3.52. The first-order valence-electron chi connectivity index (χ1n) is 8.33. The Bertz CT molecular complexity index is 641. The highest BCUT2D eigenvalue weighted by molar-refractivity contribution is 7.86. The number of nitrogens with zero attached hydrogens (tertiary/aromatic N) is 1. The largest absolute Gasteiger partial charge is 0.449 e. The van der Waals surface area contributed by atoms with Gasteiger partial charge < -0.3 is 9.64 Å². The summed E-state index contributed by atoms with van der Waals surface area (Å²) in [5.41, 5.74) is 0.978. The van der Waals surface area contributed by atoms with Crippen molar-refractivity contribution in [3.8, 4) is 0 Å². The van der Waals surface area contributed by atoms with Crippen molar-refractivity contribution >= 4 is 16.2 Å². The average molecular weight is 355 g/mol. The molecule has 1 aromatic rings. The van der Waals surface area contributed by atoms with Crippen LogP contribution >= 0.6 is 0 Å². The van der Waals surface area contributed by atoms with E-state index in [1.165, 1.54) is 12.1 Å². The Morgan fingerprint density at radius 1 is 1.29 bits per heavy atom. The molecule has 1 aliphatic rings. The molecule has 134 valence electrons. The van der Waals surface area contributed by atoms with Crippen LogP contribution in [0.4, 0.5) is 4.79 Å². The monoisotopic (exact) mass is 355 g/mol. The zero-order chi connectivity index (χ0) is 17.6. The molecule has 0 saturated carbocycles. The van der Waals surface area contributed by atoms with Gasteiger partial charge in [-0.15, -0.1) is 0 Å².